The maximum Gasteiger partial charge on any atom is 0.301 e. The van der Waals surface area contributed by atoms with Crippen molar-refractivity contribution in [3.8, 4) is 0 Å². The molecule has 0 radical (unpaired) electrons. The van der Waals surface area contributed by atoms with Gasteiger partial charge in [0.1, 0.15) is 0 Å². The number of benzene rings is 1. The maximum absolute atomic E-state index is 11.5. The van der Waals surface area contributed by atoms with E-state index in [9.17, 15) is 13.2 Å². The van der Waals surface area contributed by atoms with Crippen molar-refractivity contribution in [2.75, 3.05) is 17.4 Å². The van der Waals surface area contributed by atoms with Crippen molar-refractivity contribution in [2.45, 2.75) is 6.92 Å². The quantitative estimate of drug-likeness (QED) is 0.767. The molecular formula is C10H12N2O3S. The normalized spacial score (nSPS) is 18.7. The van der Waals surface area contributed by atoms with Gasteiger partial charge in [0, 0.05) is 18.7 Å². The van der Waals surface area contributed by atoms with Gasteiger partial charge in [0.05, 0.1) is 5.69 Å². The molecule has 1 aromatic carbocycles. The first-order valence-corrected chi connectivity index (χ1v) is 6.33. The number of Topliss-reactive ketones (excluding diaryl/α,β-unsaturated/α-hetero) is 1. The third kappa shape index (κ3) is 1.94. The Morgan fingerprint density at radius 2 is 1.94 bits per heavy atom. The third-order valence-corrected chi connectivity index (χ3v) is 3.99. The van der Waals surface area contributed by atoms with Gasteiger partial charge in [-0.2, -0.15) is 13.1 Å². The van der Waals surface area contributed by atoms with Crippen LogP contribution in [0, 0.1) is 0 Å². The van der Waals surface area contributed by atoms with Gasteiger partial charge in [0.15, 0.2) is 5.78 Å². The van der Waals surface area contributed by atoms with Crippen LogP contribution in [0.25, 0.3) is 0 Å². The van der Waals surface area contributed by atoms with Crippen LogP contribution in [0.2, 0.25) is 0 Å². The lowest BCUT2D eigenvalue weighted by molar-refractivity contribution is 0.101. The average Bonchev–Trinajstić information content (AvgIpc) is 2.58. The molecule has 0 bridgehead atoms. The molecule has 86 valence electrons. The molecule has 0 atom stereocenters. The Labute approximate surface area is 94.3 Å². The summed E-state index contributed by atoms with van der Waals surface area (Å²) in [5.74, 6) is -0.0334. The van der Waals surface area contributed by atoms with Crippen molar-refractivity contribution in [3.05, 3.63) is 29.8 Å². The van der Waals surface area contributed by atoms with Crippen LogP contribution in [0.3, 0.4) is 0 Å². The van der Waals surface area contributed by atoms with Gasteiger partial charge in [-0.15, -0.1) is 0 Å². The fraction of sp³-hybridized carbons (Fsp3) is 0.300. The number of hydrogen-bond acceptors (Lipinski definition) is 3. The molecule has 0 saturated carbocycles. The summed E-state index contributed by atoms with van der Waals surface area (Å²) >= 11 is 0. The SMILES string of the molecule is CC(=O)c1ccc(N2CCNS2(=O)=O)cc1. The van der Waals surface area contributed by atoms with Gasteiger partial charge in [-0.05, 0) is 31.2 Å². The highest BCUT2D eigenvalue weighted by Gasteiger charge is 2.27. The van der Waals surface area contributed by atoms with Gasteiger partial charge in [-0.3, -0.25) is 9.10 Å². The van der Waals surface area contributed by atoms with E-state index in [4.69, 9.17) is 0 Å². The molecular weight excluding hydrogens is 228 g/mol. The highest BCUT2D eigenvalue weighted by Crippen LogP contribution is 2.20. The zero-order valence-electron chi connectivity index (χ0n) is 8.80. The lowest BCUT2D eigenvalue weighted by Crippen LogP contribution is -2.29. The minimum atomic E-state index is -3.37. The second-order valence-electron chi connectivity index (χ2n) is 3.57. The third-order valence-electron chi connectivity index (χ3n) is 2.45. The van der Waals surface area contributed by atoms with E-state index in [1.165, 1.54) is 11.2 Å². The molecule has 1 aliphatic rings. The minimum Gasteiger partial charge on any atom is -0.295 e. The Morgan fingerprint density at radius 1 is 1.31 bits per heavy atom. The molecule has 1 fully saturated rings. The van der Waals surface area contributed by atoms with Gasteiger partial charge in [0.25, 0.3) is 0 Å². The summed E-state index contributed by atoms with van der Waals surface area (Å²) in [6, 6.07) is 6.54. The average molecular weight is 240 g/mol. The number of nitrogens with one attached hydrogen (secondary N) is 1. The smallest absolute Gasteiger partial charge is 0.295 e. The number of hydrogen-bond donors (Lipinski definition) is 1. The monoisotopic (exact) mass is 240 g/mol. The van der Waals surface area contributed by atoms with Crippen molar-refractivity contribution in [2.24, 2.45) is 0 Å². The molecule has 2 rings (SSSR count). The van der Waals surface area contributed by atoms with Crippen LogP contribution in [0.4, 0.5) is 5.69 Å². The standard InChI is InChI=1S/C10H12N2O3S/c1-8(13)9-2-4-10(5-3-9)12-7-6-11-16(12,14)15/h2-5,11H,6-7H2,1H3. The Hall–Kier alpha value is -1.40. The van der Waals surface area contributed by atoms with E-state index in [1.807, 2.05) is 0 Å². The van der Waals surface area contributed by atoms with Gasteiger partial charge in [0.2, 0.25) is 0 Å². The molecule has 16 heavy (non-hydrogen) atoms. The largest absolute Gasteiger partial charge is 0.301 e. The lowest BCUT2D eigenvalue weighted by Gasteiger charge is -2.15. The first-order valence-electron chi connectivity index (χ1n) is 4.89. The van der Waals surface area contributed by atoms with Crippen molar-refractivity contribution in [1.29, 1.82) is 0 Å². The summed E-state index contributed by atoms with van der Waals surface area (Å²) in [5.41, 5.74) is 1.16. The lowest BCUT2D eigenvalue weighted by atomic mass is 10.1. The van der Waals surface area contributed by atoms with Crippen molar-refractivity contribution in [1.82, 2.24) is 4.72 Å². The number of carbonyl (C=O) groups excluding carboxylic acids is 1. The first-order chi connectivity index (χ1) is 7.50. The van der Waals surface area contributed by atoms with Gasteiger partial charge < -0.3 is 0 Å². The van der Waals surface area contributed by atoms with Crippen LogP contribution >= 0.6 is 0 Å². The molecule has 0 amide bonds. The molecule has 1 aromatic rings. The number of anilines is 1. The highest BCUT2D eigenvalue weighted by molar-refractivity contribution is 7.91. The van der Waals surface area contributed by atoms with Gasteiger partial charge in [-0.1, -0.05) is 0 Å². The van der Waals surface area contributed by atoms with Crippen LogP contribution < -0.4 is 9.03 Å². The number of nitrogens with zero attached hydrogens (tertiary/aromatic N) is 1. The molecule has 0 aliphatic carbocycles. The summed E-state index contributed by atoms with van der Waals surface area (Å²) < 4.78 is 26.8. The fourth-order valence-electron chi connectivity index (χ4n) is 1.60. The Bertz CT molecular complexity index is 507. The predicted molar refractivity (Wildman–Crippen MR) is 60.7 cm³/mol. The second kappa shape index (κ2) is 3.88. The fourth-order valence-corrected chi connectivity index (χ4v) is 2.84. The zero-order valence-corrected chi connectivity index (χ0v) is 9.62. The predicted octanol–water partition coefficient (Wildman–Crippen LogP) is 0.544. The van der Waals surface area contributed by atoms with Crippen LogP contribution in [-0.4, -0.2) is 27.3 Å². The van der Waals surface area contributed by atoms with E-state index in [2.05, 4.69) is 4.72 Å². The number of carbonyl (C=O) groups is 1. The van der Waals surface area contributed by atoms with E-state index in [0.717, 1.165) is 0 Å². The summed E-state index contributed by atoms with van der Waals surface area (Å²) in [6.45, 7) is 2.31. The van der Waals surface area contributed by atoms with Crippen molar-refractivity contribution < 1.29 is 13.2 Å². The molecule has 1 aliphatic heterocycles. The van der Waals surface area contributed by atoms with E-state index in [0.29, 0.717) is 24.3 Å². The second-order valence-corrected chi connectivity index (χ2v) is 5.25. The summed E-state index contributed by atoms with van der Waals surface area (Å²) in [7, 11) is -3.37. The Balaban J connectivity index is 2.32. The first kappa shape index (κ1) is 11.1. The molecule has 1 N–H and O–H groups in total. The molecule has 1 heterocycles. The van der Waals surface area contributed by atoms with Gasteiger partial charge >= 0.3 is 10.2 Å². The molecule has 6 heteroatoms. The molecule has 5 nitrogen and oxygen atoms in total. The molecule has 0 unspecified atom stereocenters. The number of ketones is 1. The topological polar surface area (TPSA) is 66.5 Å². The van der Waals surface area contributed by atoms with Crippen LogP contribution in [0.5, 0.6) is 0 Å². The van der Waals surface area contributed by atoms with Gasteiger partial charge in [-0.25, -0.2) is 0 Å². The number of rotatable bonds is 2. The van der Waals surface area contributed by atoms with Crippen molar-refractivity contribution in [3.63, 3.8) is 0 Å². The Kier molecular flexibility index (Phi) is 2.69. The summed E-state index contributed by atoms with van der Waals surface area (Å²) in [4.78, 5) is 11.1. The zero-order chi connectivity index (χ0) is 11.8. The van der Waals surface area contributed by atoms with E-state index >= 15 is 0 Å². The van der Waals surface area contributed by atoms with Crippen LogP contribution in [-0.2, 0) is 10.2 Å². The minimum absolute atomic E-state index is 0.0334. The van der Waals surface area contributed by atoms with Crippen LogP contribution in [0.15, 0.2) is 24.3 Å². The summed E-state index contributed by atoms with van der Waals surface area (Å²) in [5, 5.41) is 0. The summed E-state index contributed by atoms with van der Waals surface area (Å²) in [6.07, 6.45) is 0. The van der Waals surface area contributed by atoms with Crippen molar-refractivity contribution >= 4 is 21.7 Å². The molecule has 0 aromatic heterocycles. The van der Waals surface area contributed by atoms with E-state index < -0.39 is 10.2 Å². The highest BCUT2D eigenvalue weighted by atomic mass is 32.2. The molecule has 0 spiro atoms. The maximum atomic E-state index is 11.5. The van der Waals surface area contributed by atoms with Crippen LogP contribution in [0.1, 0.15) is 17.3 Å². The van der Waals surface area contributed by atoms with E-state index in [-0.39, 0.29) is 5.78 Å². The molecule has 1 saturated heterocycles. The van der Waals surface area contributed by atoms with E-state index in [1.54, 1.807) is 24.3 Å². The Morgan fingerprint density at radius 3 is 2.38 bits per heavy atom.